The summed E-state index contributed by atoms with van der Waals surface area (Å²) in [5.74, 6) is 2.38. The molecule has 0 saturated carbocycles. The van der Waals surface area contributed by atoms with Crippen molar-refractivity contribution in [2.24, 2.45) is 0 Å². The molecule has 5 heteroatoms. The van der Waals surface area contributed by atoms with Crippen LogP contribution in [0, 0.1) is 0 Å². The SMILES string of the molecule is FN1CSC=C1Oc1cccc(Oc2ccccc2)c1. The summed E-state index contributed by atoms with van der Waals surface area (Å²) in [6.07, 6.45) is 0. The maximum atomic E-state index is 13.3. The molecule has 3 nitrogen and oxygen atoms in total. The standard InChI is InChI=1S/C15H12FNO2S/c16-17-11-20-10-15(17)19-14-8-4-7-13(9-14)18-12-5-2-1-3-6-12/h1-10H,11H2. The first-order valence-corrected chi connectivity index (χ1v) is 7.12. The van der Waals surface area contributed by atoms with Crippen LogP contribution in [-0.4, -0.2) is 11.0 Å². The van der Waals surface area contributed by atoms with Crippen LogP contribution in [0.4, 0.5) is 4.48 Å². The predicted molar refractivity (Wildman–Crippen MR) is 77.1 cm³/mol. The van der Waals surface area contributed by atoms with E-state index in [1.165, 1.54) is 11.8 Å². The lowest BCUT2D eigenvalue weighted by molar-refractivity contribution is 0.0474. The van der Waals surface area contributed by atoms with E-state index in [4.69, 9.17) is 9.47 Å². The Kier molecular flexibility index (Phi) is 3.78. The van der Waals surface area contributed by atoms with Gasteiger partial charge in [-0.2, -0.15) is 5.12 Å². The Morgan fingerprint density at radius 3 is 2.30 bits per heavy atom. The third kappa shape index (κ3) is 3.05. The zero-order valence-corrected chi connectivity index (χ0v) is 11.3. The van der Waals surface area contributed by atoms with E-state index in [0.29, 0.717) is 16.6 Å². The Labute approximate surface area is 120 Å². The zero-order valence-electron chi connectivity index (χ0n) is 10.5. The Hall–Kier alpha value is -2.14. The van der Waals surface area contributed by atoms with Crippen molar-refractivity contribution in [2.45, 2.75) is 0 Å². The molecule has 2 aromatic rings. The van der Waals surface area contributed by atoms with Gasteiger partial charge in [-0.3, -0.25) is 0 Å². The van der Waals surface area contributed by atoms with Crippen molar-refractivity contribution in [2.75, 3.05) is 5.88 Å². The number of rotatable bonds is 4. The summed E-state index contributed by atoms with van der Waals surface area (Å²) in [6.45, 7) is 0. The molecule has 1 aliphatic rings. The lowest BCUT2D eigenvalue weighted by Crippen LogP contribution is -2.11. The van der Waals surface area contributed by atoms with E-state index in [0.717, 1.165) is 5.75 Å². The molecule has 3 rings (SSSR count). The molecule has 0 saturated heterocycles. The molecule has 1 heterocycles. The molecule has 0 unspecified atom stereocenters. The fourth-order valence-corrected chi connectivity index (χ4v) is 2.35. The number of benzene rings is 2. The molecule has 0 atom stereocenters. The van der Waals surface area contributed by atoms with Gasteiger partial charge in [-0.25, -0.2) is 0 Å². The molecule has 0 fully saturated rings. The number of hydrogen-bond donors (Lipinski definition) is 0. The Balaban J connectivity index is 1.73. The largest absolute Gasteiger partial charge is 0.457 e. The van der Waals surface area contributed by atoms with Gasteiger partial charge in [0.15, 0.2) is 0 Å². The van der Waals surface area contributed by atoms with Gasteiger partial charge in [-0.1, -0.05) is 28.7 Å². The number of hydrogen-bond acceptors (Lipinski definition) is 4. The van der Waals surface area contributed by atoms with Crippen LogP contribution in [0.1, 0.15) is 0 Å². The highest BCUT2D eigenvalue weighted by Crippen LogP contribution is 2.29. The quantitative estimate of drug-likeness (QED) is 0.770. The minimum Gasteiger partial charge on any atom is -0.457 e. The maximum Gasteiger partial charge on any atom is 0.230 e. The van der Waals surface area contributed by atoms with Crippen LogP contribution in [0.15, 0.2) is 65.9 Å². The molecule has 0 spiro atoms. The van der Waals surface area contributed by atoms with Gasteiger partial charge >= 0.3 is 0 Å². The summed E-state index contributed by atoms with van der Waals surface area (Å²) >= 11 is 1.35. The number of ether oxygens (including phenoxy) is 2. The highest BCUT2D eigenvalue weighted by atomic mass is 32.2. The third-order valence-electron chi connectivity index (χ3n) is 2.62. The van der Waals surface area contributed by atoms with Gasteiger partial charge in [0.25, 0.3) is 0 Å². The summed E-state index contributed by atoms with van der Waals surface area (Å²) in [4.78, 5) is 0. The van der Waals surface area contributed by atoms with Crippen molar-refractivity contribution >= 4 is 11.8 Å². The fourth-order valence-electron chi connectivity index (χ4n) is 1.71. The molecule has 0 N–H and O–H groups in total. The normalized spacial score (nSPS) is 14.1. The van der Waals surface area contributed by atoms with Crippen LogP contribution in [-0.2, 0) is 0 Å². The molecular formula is C15H12FNO2S. The van der Waals surface area contributed by atoms with E-state index in [1.807, 2.05) is 36.4 Å². The van der Waals surface area contributed by atoms with Gasteiger partial charge in [0.2, 0.25) is 5.88 Å². The predicted octanol–water partition coefficient (Wildman–Crippen LogP) is 4.55. The van der Waals surface area contributed by atoms with Crippen LogP contribution >= 0.6 is 11.8 Å². The van der Waals surface area contributed by atoms with Gasteiger partial charge in [0.05, 0.1) is 0 Å². The summed E-state index contributed by atoms with van der Waals surface area (Å²) in [7, 11) is 0. The average Bonchev–Trinajstić information content (AvgIpc) is 2.86. The van der Waals surface area contributed by atoms with Gasteiger partial charge in [-0.15, -0.1) is 11.8 Å². The molecular weight excluding hydrogens is 277 g/mol. The molecule has 1 aliphatic heterocycles. The Morgan fingerprint density at radius 2 is 1.60 bits per heavy atom. The van der Waals surface area contributed by atoms with Gasteiger partial charge in [-0.05, 0) is 24.3 Å². The van der Waals surface area contributed by atoms with Gasteiger partial charge < -0.3 is 9.47 Å². The molecule has 102 valence electrons. The second kappa shape index (κ2) is 5.88. The molecule has 0 radical (unpaired) electrons. The fraction of sp³-hybridized carbons (Fsp3) is 0.0667. The van der Waals surface area contributed by atoms with Crippen LogP contribution < -0.4 is 9.47 Å². The molecule has 0 aliphatic carbocycles. The van der Waals surface area contributed by atoms with Gasteiger partial charge in [0.1, 0.15) is 23.1 Å². The molecule has 20 heavy (non-hydrogen) atoms. The second-order valence-corrected chi connectivity index (χ2v) is 4.93. The molecule has 0 bridgehead atoms. The second-order valence-electron chi connectivity index (χ2n) is 4.11. The molecule has 0 amide bonds. The van der Waals surface area contributed by atoms with Crippen molar-refractivity contribution in [3.63, 3.8) is 0 Å². The van der Waals surface area contributed by atoms with Crippen molar-refractivity contribution < 1.29 is 14.0 Å². The lowest BCUT2D eigenvalue weighted by Gasteiger charge is -2.12. The number of nitrogens with zero attached hydrogens (tertiary/aromatic N) is 1. The summed E-state index contributed by atoms with van der Waals surface area (Å²) in [5.41, 5.74) is 0. The number of thioether (sulfide) groups is 1. The van der Waals surface area contributed by atoms with Crippen molar-refractivity contribution in [3.05, 3.63) is 65.9 Å². The van der Waals surface area contributed by atoms with Gasteiger partial charge in [0, 0.05) is 11.5 Å². The van der Waals surface area contributed by atoms with Crippen LogP contribution in [0.5, 0.6) is 17.2 Å². The van der Waals surface area contributed by atoms with E-state index in [1.54, 1.807) is 23.6 Å². The van der Waals surface area contributed by atoms with E-state index >= 15 is 0 Å². The van der Waals surface area contributed by atoms with Crippen LogP contribution in [0.25, 0.3) is 0 Å². The average molecular weight is 289 g/mol. The summed E-state index contributed by atoms with van der Waals surface area (Å²) in [5, 5.41) is 2.21. The van der Waals surface area contributed by atoms with E-state index < -0.39 is 0 Å². The minimum absolute atomic E-state index is 0.201. The highest BCUT2D eigenvalue weighted by molar-refractivity contribution is 8.02. The van der Waals surface area contributed by atoms with Crippen LogP contribution in [0.2, 0.25) is 0 Å². The zero-order chi connectivity index (χ0) is 13.8. The number of para-hydroxylation sites is 1. The van der Waals surface area contributed by atoms with Crippen molar-refractivity contribution in [1.29, 1.82) is 0 Å². The minimum atomic E-state index is 0.201. The van der Waals surface area contributed by atoms with Crippen molar-refractivity contribution in [1.82, 2.24) is 5.12 Å². The highest BCUT2D eigenvalue weighted by Gasteiger charge is 2.17. The summed E-state index contributed by atoms with van der Waals surface area (Å²) < 4.78 is 24.5. The first-order chi connectivity index (χ1) is 9.81. The van der Waals surface area contributed by atoms with E-state index in [2.05, 4.69) is 0 Å². The maximum absolute atomic E-state index is 13.3. The van der Waals surface area contributed by atoms with Crippen molar-refractivity contribution in [3.8, 4) is 17.2 Å². The lowest BCUT2D eigenvalue weighted by atomic mass is 10.3. The topological polar surface area (TPSA) is 21.7 Å². The Morgan fingerprint density at radius 1 is 0.900 bits per heavy atom. The number of halogens is 1. The first-order valence-electron chi connectivity index (χ1n) is 6.07. The van der Waals surface area contributed by atoms with E-state index in [-0.39, 0.29) is 11.8 Å². The molecule has 2 aromatic carbocycles. The van der Waals surface area contributed by atoms with Crippen LogP contribution in [0.3, 0.4) is 0 Å². The summed E-state index contributed by atoms with van der Waals surface area (Å²) in [6, 6.07) is 16.6. The monoisotopic (exact) mass is 289 g/mol. The Bertz CT molecular complexity index is 618. The van der Waals surface area contributed by atoms with E-state index in [9.17, 15) is 4.48 Å². The first kappa shape index (κ1) is 12.9. The molecule has 0 aromatic heterocycles. The smallest absolute Gasteiger partial charge is 0.230 e. The third-order valence-corrected chi connectivity index (χ3v) is 3.36.